The van der Waals surface area contributed by atoms with Crippen LogP contribution in [0.15, 0.2) is 34.6 Å². The predicted octanol–water partition coefficient (Wildman–Crippen LogP) is 2.01. The third-order valence-electron chi connectivity index (χ3n) is 4.32. The standard InChI is InChI=1S/C17H17N5O2S/c1-10-6-11(2)22(20-10)12-8-21(9-12)17(24)13-7-18-15(19-16(13)23)14-4-3-5-25-14/h3-7,12H,8-9H2,1-2H3,(H,18,19,23). The molecular weight excluding hydrogens is 338 g/mol. The summed E-state index contributed by atoms with van der Waals surface area (Å²) in [6.07, 6.45) is 1.37. The molecule has 4 heterocycles. The molecule has 128 valence electrons. The van der Waals surface area contributed by atoms with Gasteiger partial charge in [-0.05, 0) is 31.4 Å². The monoisotopic (exact) mass is 355 g/mol. The summed E-state index contributed by atoms with van der Waals surface area (Å²) in [6.45, 7) is 5.05. The summed E-state index contributed by atoms with van der Waals surface area (Å²) in [6, 6.07) is 5.94. The van der Waals surface area contributed by atoms with E-state index in [-0.39, 0.29) is 17.5 Å². The molecular formula is C17H17N5O2S. The quantitative estimate of drug-likeness (QED) is 0.779. The van der Waals surface area contributed by atoms with Gasteiger partial charge in [0.1, 0.15) is 11.4 Å². The molecule has 25 heavy (non-hydrogen) atoms. The van der Waals surface area contributed by atoms with Crippen LogP contribution in [0.1, 0.15) is 27.8 Å². The Bertz CT molecular complexity index is 983. The minimum Gasteiger partial charge on any atom is -0.334 e. The van der Waals surface area contributed by atoms with E-state index in [1.165, 1.54) is 17.5 Å². The highest BCUT2D eigenvalue weighted by Crippen LogP contribution is 2.24. The summed E-state index contributed by atoms with van der Waals surface area (Å²) in [5.74, 6) is 0.199. The van der Waals surface area contributed by atoms with Gasteiger partial charge >= 0.3 is 0 Å². The lowest BCUT2D eigenvalue weighted by Crippen LogP contribution is -2.52. The maximum absolute atomic E-state index is 12.6. The Labute approximate surface area is 147 Å². The van der Waals surface area contributed by atoms with Crippen molar-refractivity contribution in [2.75, 3.05) is 13.1 Å². The maximum Gasteiger partial charge on any atom is 0.264 e. The normalized spacial score (nSPS) is 14.6. The summed E-state index contributed by atoms with van der Waals surface area (Å²) in [5, 5.41) is 6.37. The van der Waals surface area contributed by atoms with Gasteiger partial charge in [0.05, 0.1) is 16.6 Å². The molecule has 4 rings (SSSR count). The molecule has 0 radical (unpaired) electrons. The Morgan fingerprint density at radius 2 is 2.16 bits per heavy atom. The smallest absolute Gasteiger partial charge is 0.264 e. The SMILES string of the molecule is Cc1cc(C)n(C2CN(C(=O)c3cnc(-c4cccs4)[nH]c3=O)C2)n1. The second-order valence-electron chi connectivity index (χ2n) is 6.19. The first kappa shape index (κ1) is 15.8. The van der Waals surface area contributed by atoms with Crippen LogP contribution in [0.25, 0.3) is 10.7 Å². The molecule has 3 aromatic rings. The number of amides is 1. The van der Waals surface area contributed by atoms with E-state index in [9.17, 15) is 9.59 Å². The van der Waals surface area contributed by atoms with E-state index < -0.39 is 5.56 Å². The third kappa shape index (κ3) is 2.78. The number of likely N-dealkylation sites (tertiary alicyclic amines) is 1. The fourth-order valence-corrected chi connectivity index (χ4v) is 3.72. The molecule has 1 N–H and O–H groups in total. The topological polar surface area (TPSA) is 83.9 Å². The van der Waals surface area contributed by atoms with Crippen LogP contribution >= 0.6 is 11.3 Å². The number of aromatic amines is 1. The average Bonchev–Trinajstić information content (AvgIpc) is 3.16. The summed E-state index contributed by atoms with van der Waals surface area (Å²) < 4.78 is 1.95. The highest BCUT2D eigenvalue weighted by Gasteiger charge is 2.34. The van der Waals surface area contributed by atoms with Crippen molar-refractivity contribution in [1.82, 2.24) is 24.6 Å². The van der Waals surface area contributed by atoms with E-state index >= 15 is 0 Å². The van der Waals surface area contributed by atoms with Gasteiger partial charge in [-0.15, -0.1) is 11.3 Å². The zero-order valence-electron chi connectivity index (χ0n) is 13.9. The molecule has 8 heteroatoms. The number of hydrogen-bond acceptors (Lipinski definition) is 5. The van der Waals surface area contributed by atoms with Crippen LogP contribution in [0.3, 0.4) is 0 Å². The first-order chi connectivity index (χ1) is 12.0. The molecule has 1 aliphatic rings. The lowest BCUT2D eigenvalue weighted by molar-refractivity contribution is 0.0495. The molecule has 0 aromatic carbocycles. The number of nitrogens with zero attached hydrogens (tertiary/aromatic N) is 4. The van der Waals surface area contributed by atoms with Crippen molar-refractivity contribution in [2.45, 2.75) is 19.9 Å². The van der Waals surface area contributed by atoms with E-state index in [0.717, 1.165) is 16.3 Å². The first-order valence-corrected chi connectivity index (χ1v) is 8.86. The lowest BCUT2D eigenvalue weighted by atomic mass is 10.1. The summed E-state index contributed by atoms with van der Waals surface area (Å²) in [5.41, 5.74) is 1.71. The van der Waals surface area contributed by atoms with Crippen molar-refractivity contribution in [3.8, 4) is 10.7 Å². The third-order valence-corrected chi connectivity index (χ3v) is 5.20. The Kier molecular flexibility index (Phi) is 3.76. The Morgan fingerprint density at radius 3 is 2.76 bits per heavy atom. The zero-order chi connectivity index (χ0) is 17.6. The van der Waals surface area contributed by atoms with E-state index in [0.29, 0.717) is 18.9 Å². The largest absolute Gasteiger partial charge is 0.334 e. The van der Waals surface area contributed by atoms with Crippen LogP contribution in [0.2, 0.25) is 0 Å². The summed E-state index contributed by atoms with van der Waals surface area (Å²) in [7, 11) is 0. The van der Waals surface area contributed by atoms with Crippen LogP contribution in [0, 0.1) is 13.8 Å². The molecule has 1 fully saturated rings. The van der Waals surface area contributed by atoms with Crippen molar-refractivity contribution in [1.29, 1.82) is 0 Å². The number of carbonyl (C=O) groups excluding carboxylic acids is 1. The molecule has 0 unspecified atom stereocenters. The number of thiophene rings is 1. The number of rotatable bonds is 3. The summed E-state index contributed by atoms with van der Waals surface area (Å²) >= 11 is 1.48. The molecule has 0 atom stereocenters. The Hall–Kier alpha value is -2.74. The predicted molar refractivity (Wildman–Crippen MR) is 94.8 cm³/mol. The first-order valence-electron chi connectivity index (χ1n) is 7.98. The van der Waals surface area contributed by atoms with Crippen LogP contribution in [-0.4, -0.2) is 43.6 Å². The Morgan fingerprint density at radius 1 is 1.36 bits per heavy atom. The number of aryl methyl sites for hydroxylation is 2. The number of carbonyl (C=O) groups is 1. The molecule has 1 saturated heterocycles. The zero-order valence-corrected chi connectivity index (χ0v) is 14.7. The van der Waals surface area contributed by atoms with Crippen molar-refractivity contribution < 1.29 is 4.79 Å². The van der Waals surface area contributed by atoms with Gasteiger partial charge < -0.3 is 9.88 Å². The number of H-pyrrole nitrogens is 1. The number of aromatic nitrogens is 4. The van der Waals surface area contributed by atoms with Gasteiger partial charge in [-0.25, -0.2) is 4.98 Å². The van der Waals surface area contributed by atoms with Crippen molar-refractivity contribution in [3.63, 3.8) is 0 Å². The van der Waals surface area contributed by atoms with Gasteiger partial charge in [0.15, 0.2) is 0 Å². The molecule has 1 amide bonds. The molecule has 0 spiro atoms. The van der Waals surface area contributed by atoms with Gasteiger partial charge in [-0.1, -0.05) is 6.07 Å². The summed E-state index contributed by atoms with van der Waals surface area (Å²) in [4.78, 5) is 34.3. The molecule has 7 nitrogen and oxygen atoms in total. The fraction of sp³-hybridized carbons (Fsp3) is 0.294. The maximum atomic E-state index is 12.6. The average molecular weight is 355 g/mol. The van der Waals surface area contributed by atoms with E-state index in [1.54, 1.807) is 4.90 Å². The van der Waals surface area contributed by atoms with E-state index in [4.69, 9.17) is 0 Å². The lowest BCUT2D eigenvalue weighted by Gasteiger charge is -2.39. The molecule has 3 aromatic heterocycles. The van der Waals surface area contributed by atoms with Gasteiger partial charge in [-0.2, -0.15) is 5.10 Å². The van der Waals surface area contributed by atoms with Crippen LogP contribution in [0.4, 0.5) is 0 Å². The van der Waals surface area contributed by atoms with Gasteiger partial charge in [0.25, 0.3) is 11.5 Å². The Balaban J connectivity index is 1.49. The van der Waals surface area contributed by atoms with Crippen LogP contribution in [-0.2, 0) is 0 Å². The highest BCUT2D eigenvalue weighted by atomic mass is 32.1. The van der Waals surface area contributed by atoms with E-state index in [1.807, 2.05) is 42.1 Å². The molecule has 1 aliphatic heterocycles. The second-order valence-corrected chi connectivity index (χ2v) is 7.14. The highest BCUT2D eigenvalue weighted by molar-refractivity contribution is 7.13. The second kappa shape index (κ2) is 5.96. The van der Waals surface area contributed by atoms with Gasteiger partial charge in [-0.3, -0.25) is 14.3 Å². The van der Waals surface area contributed by atoms with E-state index in [2.05, 4.69) is 15.1 Å². The molecule has 0 bridgehead atoms. The van der Waals surface area contributed by atoms with Gasteiger partial charge in [0, 0.05) is 25.0 Å². The number of nitrogens with one attached hydrogen (secondary N) is 1. The van der Waals surface area contributed by atoms with Crippen molar-refractivity contribution >= 4 is 17.2 Å². The molecule has 0 saturated carbocycles. The minimum atomic E-state index is -0.405. The van der Waals surface area contributed by atoms with Crippen molar-refractivity contribution in [2.24, 2.45) is 0 Å². The van der Waals surface area contributed by atoms with Crippen LogP contribution in [0.5, 0.6) is 0 Å². The van der Waals surface area contributed by atoms with Crippen LogP contribution < -0.4 is 5.56 Å². The number of hydrogen-bond donors (Lipinski definition) is 1. The van der Waals surface area contributed by atoms with Crippen molar-refractivity contribution in [3.05, 3.63) is 57.1 Å². The van der Waals surface area contributed by atoms with Gasteiger partial charge in [0.2, 0.25) is 0 Å². The minimum absolute atomic E-state index is 0.0760. The molecule has 0 aliphatic carbocycles. The fourth-order valence-electron chi connectivity index (χ4n) is 3.05.